The lowest BCUT2D eigenvalue weighted by atomic mass is 9.76. The van der Waals surface area contributed by atoms with Crippen molar-refractivity contribution in [1.82, 2.24) is 15.0 Å². The van der Waals surface area contributed by atoms with Gasteiger partial charge in [0.25, 0.3) is 0 Å². The van der Waals surface area contributed by atoms with Crippen LogP contribution in [-0.2, 0) is 22.9 Å². The molecule has 1 heterocycles. The highest BCUT2D eigenvalue weighted by atomic mass is 32.2. The van der Waals surface area contributed by atoms with E-state index in [1.165, 1.54) is 41.3 Å². The van der Waals surface area contributed by atoms with Crippen LogP contribution in [0.3, 0.4) is 0 Å². The molecule has 0 saturated carbocycles. The van der Waals surface area contributed by atoms with Crippen LogP contribution < -0.4 is 20.5 Å². The minimum atomic E-state index is -3.86. The predicted molar refractivity (Wildman–Crippen MR) is 186 cm³/mol. The molecule has 9 heteroatoms. The van der Waals surface area contributed by atoms with Crippen LogP contribution in [0.15, 0.2) is 71.9 Å². The van der Waals surface area contributed by atoms with E-state index in [0.29, 0.717) is 18.9 Å². The Labute approximate surface area is 272 Å². The molecule has 3 unspecified atom stereocenters. The summed E-state index contributed by atoms with van der Waals surface area (Å²) >= 11 is 0. The predicted octanol–water partition coefficient (Wildman–Crippen LogP) is 7.40. The van der Waals surface area contributed by atoms with Crippen molar-refractivity contribution < 1.29 is 17.5 Å². The molecule has 0 spiro atoms. The van der Waals surface area contributed by atoms with Crippen molar-refractivity contribution in [1.29, 1.82) is 0 Å². The van der Waals surface area contributed by atoms with E-state index in [2.05, 4.69) is 47.1 Å². The topological polar surface area (TPSA) is 106 Å². The lowest BCUT2D eigenvalue weighted by Gasteiger charge is -2.35. The van der Waals surface area contributed by atoms with E-state index in [9.17, 15) is 12.8 Å². The second kappa shape index (κ2) is 22.6. The molecule has 0 bridgehead atoms. The molecule has 1 aromatic heterocycles. The smallest absolute Gasteiger partial charge is 0.243 e. The normalized spacial score (nSPS) is 15.9. The van der Waals surface area contributed by atoms with Gasteiger partial charge in [-0.1, -0.05) is 78.6 Å². The number of fused-ring (bicyclic) bond motifs is 1. The number of ether oxygens (including phenoxy) is 1. The van der Waals surface area contributed by atoms with E-state index in [1.807, 2.05) is 46.0 Å². The summed E-state index contributed by atoms with van der Waals surface area (Å²) in [6, 6.07) is 16.1. The minimum absolute atomic E-state index is 0.0468. The highest BCUT2D eigenvalue weighted by Crippen LogP contribution is 2.36. The van der Waals surface area contributed by atoms with Gasteiger partial charge in [-0.05, 0) is 79.1 Å². The SMILES string of the molecule is CC.CC.CCC.COc1ccc2c(c1)CCC(NCC(N)CCCCNS(=O)(=O)c1ccccc1F)C2Cc1cccnc1. The fraction of sp³-hybridized carbons (Fsp3) is 0.528. The molecule has 252 valence electrons. The molecular formula is C36H57FN4O3S. The van der Waals surface area contributed by atoms with E-state index in [1.54, 1.807) is 13.3 Å². The Balaban J connectivity index is 0.00000134. The molecule has 45 heavy (non-hydrogen) atoms. The van der Waals surface area contributed by atoms with Crippen molar-refractivity contribution in [3.8, 4) is 5.75 Å². The van der Waals surface area contributed by atoms with Crippen molar-refractivity contribution in [3.05, 3.63) is 89.5 Å². The highest BCUT2D eigenvalue weighted by Gasteiger charge is 2.30. The number of nitrogens with zero attached hydrogens (tertiary/aromatic N) is 1. The number of aryl methyl sites for hydroxylation is 1. The van der Waals surface area contributed by atoms with Gasteiger partial charge in [-0.2, -0.15) is 0 Å². The molecule has 1 aliphatic rings. The number of nitrogens with two attached hydrogens (primary N) is 1. The Morgan fingerprint density at radius 1 is 1.04 bits per heavy atom. The summed E-state index contributed by atoms with van der Waals surface area (Å²) in [7, 11) is -2.16. The largest absolute Gasteiger partial charge is 0.497 e. The molecule has 1 aliphatic carbocycles. The molecule has 3 atom stereocenters. The Bertz CT molecular complexity index is 1310. The number of methoxy groups -OCH3 is 1. The van der Waals surface area contributed by atoms with Crippen LogP contribution in [0.5, 0.6) is 5.75 Å². The number of unbranched alkanes of at least 4 members (excludes halogenated alkanes) is 1. The Morgan fingerprint density at radius 3 is 2.40 bits per heavy atom. The maximum absolute atomic E-state index is 13.8. The van der Waals surface area contributed by atoms with Gasteiger partial charge < -0.3 is 15.8 Å². The lowest BCUT2D eigenvalue weighted by molar-refractivity contribution is 0.365. The van der Waals surface area contributed by atoms with Gasteiger partial charge in [-0.25, -0.2) is 17.5 Å². The monoisotopic (exact) mass is 644 g/mol. The van der Waals surface area contributed by atoms with Gasteiger partial charge in [0.1, 0.15) is 16.5 Å². The summed E-state index contributed by atoms with van der Waals surface area (Å²) in [6.07, 6.45) is 10.0. The molecule has 2 aromatic carbocycles. The average molecular weight is 645 g/mol. The second-order valence-electron chi connectivity index (χ2n) is 10.6. The van der Waals surface area contributed by atoms with Crippen molar-refractivity contribution in [2.45, 2.75) is 109 Å². The van der Waals surface area contributed by atoms with Crippen LogP contribution in [0.4, 0.5) is 4.39 Å². The number of hydrogen-bond acceptors (Lipinski definition) is 6. The molecule has 0 aliphatic heterocycles. The number of aromatic nitrogens is 1. The fourth-order valence-corrected chi connectivity index (χ4v) is 6.32. The Hall–Kier alpha value is -2.85. The lowest BCUT2D eigenvalue weighted by Crippen LogP contribution is -2.44. The molecule has 0 saturated heterocycles. The minimum Gasteiger partial charge on any atom is -0.497 e. The number of benzene rings is 2. The third kappa shape index (κ3) is 13.6. The highest BCUT2D eigenvalue weighted by molar-refractivity contribution is 7.89. The van der Waals surface area contributed by atoms with E-state index < -0.39 is 15.8 Å². The fourth-order valence-electron chi connectivity index (χ4n) is 5.17. The zero-order chi connectivity index (χ0) is 33.7. The van der Waals surface area contributed by atoms with E-state index in [4.69, 9.17) is 10.5 Å². The van der Waals surface area contributed by atoms with Gasteiger partial charge in [0.15, 0.2) is 0 Å². The maximum Gasteiger partial charge on any atom is 0.243 e. The molecule has 0 amide bonds. The van der Waals surface area contributed by atoms with Crippen molar-refractivity contribution >= 4 is 10.0 Å². The van der Waals surface area contributed by atoms with Crippen molar-refractivity contribution in [2.75, 3.05) is 20.2 Å². The van der Waals surface area contributed by atoms with Gasteiger partial charge in [0.05, 0.1) is 7.11 Å². The number of sulfonamides is 1. The molecule has 7 nitrogen and oxygen atoms in total. The van der Waals surface area contributed by atoms with Crippen LogP contribution in [0.1, 0.15) is 96.3 Å². The first-order chi connectivity index (χ1) is 21.8. The van der Waals surface area contributed by atoms with Gasteiger partial charge >= 0.3 is 0 Å². The molecule has 3 aromatic rings. The molecular weight excluding hydrogens is 587 g/mol. The third-order valence-electron chi connectivity index (χ3n) is 7.20. The van der Waals surface area contributed by atoms with Gasteiger partial charge in [0, 0.05) is 43.5 Å². The zero-order valence-corrected chi connectivity index (χ0v) is 29.3. The van der Waals surface area contributed by atoms with E-state index in [0.717, 1.165) is 43.9 Å². The van der Waals surface area contributed by atoms with E-state index in [-0.39, 0.29) is 23.5 Å². The third-order valence-corrected chi connectivity index (χ3v) is 8.69. The number of pyridine rings is 1. The Morgan fingerprint density at radius 2 is 1.76 bits per heavy atom. The molecule has 0 radical (unpaired) electrons. The zero-order valence-electron chi connectivity index (χ0n) is 28.5. The second-order valence-corrected chi connectivity index (χ2v) is 12.3. The van der Waals surface area contributed by atoms with Crippen LogP contribution in [0.2, 0.25) is 0 Å². The first kappa shape index (κ1) is 40.2. The molecule has 4 N–H and O–H groups in total. The number of hydrogen-bond donors (Lipinski definition) is 3. The van der Waals surface area contributed by atoms with Gasteiger partial charge in [-0.15, -0.1) is 0 Å². The summed E-state index contributed by atoms with van der Waals surface area (Å²) in [5.41, 5.74) is 10.3. The number of nitrogens with one attached hydrogen (secondary N) is 2. The summed E-state index contributed by atoms with van der Waals surface area (Å²) in [4.78, 5) is 3.97. The van der Waals surface area contributed by atoms with Crippen LogP contribution in [0.25, 0.3) is 0 Å². The summed E-state index contributed by atoms with van der Waals surface area (Å²) in [5, 5.41) is 3.72. The number of rotatable bonds is 13. The van der Waals surface area contributed by atoms with Gasteiger partial charge in [-0.3, -0.25) is 4.98 Å². The van der Waals surface area contributed by atoms with Crippen LogP contribution in [0, 0.1) is 5.82 Å². The summed E-state index contributed by atoms with van der Waals surface area (Å²) < 4.78 is 46.4. The maximum atomic E-state index is 13.8. The van der Waals surface area contributed by atoms with Crippen LogP contribution >= 0.6 is 0 Å². The quantitative estimate of drug-likeness (QED) is 0.167. The molecule has 0 fully saturated rings. The Kier molecular flexibility index (Phi) is 20.2. The van der Waals surface area contributed by atoms with Crippen molar-refractivity contribution in [2.24, 2.45) is 5.73 Å². The van der Waals surface area contributed by atoms with Crippen LogP contribution in [-0.4, -0.2) is 45.7 Å². The van der Waals surface area contributed by atoms with Gasteiger partial charge in [0.2, 0.25) is 10.0 Å². The summed E-state index contributed by atoms with van der Waals surface area (Å²) in [5.74, 6) is 0.432. The average Bonchev–Trinajstić information content (AvgIpc) is 3.06. The number of halogens is 1. The standard InChI is InChI=1S/C29H37FN4O3S.C3H8.2C2H6/c1-37-24-12-13-25-22(18-24)11-14-28(26(25)17-21-7-6-15-32-19-21)33-20-23(31)8-4-5-16-34-38(35,36)29-10-3-2-9-27(29)30;1-3-2;2*1-2/h2-3,6-7,9-10,12-13,15,18-19,23,26,28,33-34H,4-5,8,11,14,16-17,20,31H2,1H3;3H2,1-2H3;2*1-2H3. The van der Waals surface area contributed by atoms with E-state index >= 15 is 0 Å². The first-order valence-corrected chi connectivity index (χ1v) is 18.1. The molecule has 4 rings (SSSR count). The van der Waals surface area contributed by atoms with Crippen molar-refractivity contribution in [3.63, 3.8) is 0 Å². The first-order valence-electron chi connectivity index (χ1n) is 16.6. The summed E-state index contributed by atoms with van der Waals surface area (Å²) in [6.45, 7) is 13.2.